The fourth-order valence-corrected chi connectivity index (χ4v) is 75.9. The van der Waals surface area contributed by atoms with E-state index in [4.69, 9.17) is 0 Å². The Morgan fingerprint density at radius 3 is 0.886 bits per heavy atom. The van der Waals surface area contributed by atoms with Crippen molar-refractivity contribution in [2.45, 2.75) is 9.79 Å². The van der Waals surface area contributed by atoms with E-state index in [9.17, 15) is 0 Å². The quantitative estimate of drug-likeness (QED) is 0.0405. The molecule has 2 rings (SSSR count). The van der Waals surface area contributed by atoms with E-state index in [1.165, 1.54) is 39.2 Å². The highest BCUT2D eigenvalue weighted by molar-refractivity contribution is 9.58. The van der Waals surface area contributed by atoms with Crippen LogP contribution in [0, 0.1) is 0 Å². The van der Waals surface area contributed by atoms with Crippen molar-refractivity contribution in [2.75, 3.05) is 0 Å². The lowest BCUT2D eigenvalue weighted by Crippen LogP contribution is -1.68. The zero-order valence-corrected chi connectivity index (χ0v) is 47.3. The fraction of sp³-hybridized carbons (Fsp3) is 0. The van der Waals surface area contributed by atoms with Gasteiger partial charge in [-0.15, -0.1) is 22.7 Å². The molecule has 0 saturated carbocycles. The van der Waals surface area contributed by atoms with E-state index in [0.29, 0.717) is 0 Å². The smallest absolute Gasteiger partial charge is 0.0415 e. The second kappa shape index (κ2) is 40.1. The number of thiol groups is 2. The Hall–Kier alpha value is 10.3. The third-order valence-electron chi connectivity index (χ3n) is 2.68. The van der Waals surface area contributed by atoms with Gasteiger partial charge in [-0.1, -0.05) is 23.3 Å². The minimum absolute atomic E-state index is 1.32. The lowest BCUT2D eigenvalue weighted by atomic mass is 10.3. The van der Waals surface area contributed by atoms with E-state index in [2.05, 4.69) is 58.4 Å². The Bertz CT molecular complexity index is 837. The molecule has 0 fully saturated rings. The molecule has 0 radical (unpaired) electrons. The normalized spacial score (nSPS) is 11.8. The van der Waals surface area contributed by atoms with Crippen LogP contribution >= 0.6 is 343 Å². The first-order valence-electron chi connectivity index (χ1n) is 8.97. The van der Waals surface area contributed by atoms with Crippen LogP contribution in [-0.4, -0.2) is 0 Å². The summed E-state index contributed by atoms with van der Waals surface area (Å²) >= 11 is 11.8. The Morgan fingerprint density at radius 1 is 0.364 bits per heavy atom. The highest BCUT2D eigenvalue weighted by Crippen LogP contribution is 2.65. The molecule has 2 heterocycles. The van der Waals surface area contributed by atoms with Gasteiger partial charge in [0.2, 0.25) is 0 Å². The van der Waals surface area contributed by atoms with Crippen molar-refractivity contribution in [1.29, 1.82) is 0 Å². The standard InChI is InChI=1S/C10H8S34/c11-17-21-25-29-33-37-41-43-39-35-31-27-23-19-15-9-3-5-13-7(9)1-2-8-10(4-6-14-8)16-20-24-28-32-36-40-44-42-38-34-30-26-22-18-12/h1-6,11-12H/b2-1+. The Morgan fingerprint density at radius 2 is 0.614 bits per heavy atom. The van der Waals surface area contributed by atoms with Gasteiger partial charge in [-0.25, -0.2) is 0 Å². The first kappa shape index (κ1) is 50.5. The third kappa shape index (κ3) is 30.4. The predicted octanol–water partition coefficient (Wildman–Crippen LogP) is 24.0. The summed E-state index contributed by atoms with van der Waals surface area (Å²) in [4.78, 5) is 5.29. The molecule has 252 valence electrons. The summed E-state index contributed by atoms with van der Waals surface area (Å²) in [6, 6.07) is 4.45. The van der Waals surface area contributed by atoms with Crippen LogP contribution in [0.2, 0.25) is 0 Å². The fourth-order valence-electron chi connectivity index (χ4n) is 1.53. The zero-order chi connectivity index (χ0) is 31.2. The molecule has 0 aliphatic rings. The Kier molecular flexibility index (Phi) is 46.0. The molecule has 0 aliphatic carbocycles. The van der Waals surface area contributed by atoms with Gasteiger partial charge < -0.3 is 0 Å². The van der Waals surface area contributed by atoms with Crippen molar-refractivity contribution in [3.05, 3.63) is 32.6 Å². The van der Waals surface area contributed by atoms with Gasteiger partial charge >= 0.3 is 0 Å². The van der Waals surface area contributed by atoms with Crippen LogP contribution in [0.1, 0.15) is 9.75 Å². The lowest BCUT2D eigenvalue weighted by Gasteiger charge is -2.00. The van der Waals surface area contributed by atoms with E-state index < -0.39 is 0 Å². The molecule has 0 unspecified atom stereocenters. The van der Waals surface area contributed by atoms with Crippen molar-refractivity contribution in [1.82, 2.24) is 0 Å². The van der Waals surface area contributed by atoms with Crippen molar-refractivity contribution in [3.63, 3.8) is 0 Å². The maximum absolute atomic E-state index is 4.10. The number of rotatable bonds is 32. The van der Waals surface area contributed by atoms with E-state index in [1.807, 2.05) is 179 Å². The van der Waals surface area contributed by atoms with Crippen molar-refractivity contribution in [2.24, 2.45) is 0 Å². The molecule has 2 aromatic heterocycles. The van der Waals surface area contributed by atoms with Crippen LogP contribution in [0.25, 0.3) is 12.2 Å². The summed E-state index contributed by atoms with van der Waals surface area (Å²) in [5.41, 5.74) is 0. The summed E-state index contributed by atoms with van der Waals surface area (Å²) in [6.07, 6.45) is 4.53. The summed E-state index contributed by atoms with van der Waals surface area (Å²) in [7, 11) is 53.3. The summed E-state index contributed by atoms with van der Waals surface area (Å²) in [5.74, 6) is 0. The van der Waals surface area contributed by atoms with Crippen LogP contribution in [0.3, 0.4) is 0 Å². The molecule has 0 atom stereocenters. The molecule has 0 saturated heterocycles. The Labute approximate surface area is 388 Å². The highest BCUT2D eigenvalue weighted by atomic mass is 34.1. The molecule has 0 N–H and O–H groups in total. The first-order valence-corrected chi connectivity index (χ1v) is 51.8. The van der Waals surface area contributed by atoms with Gasteiger partial charge in [0, 0.05) is 19.5 Å². The number of thiophene rings is 2. The van der Waals surface area contributed by atoms with Gasteiger partial charge in [-0.2, -0.15) is 0 Å². The van der Waals surface area contributed by atoms with Crippen LogP contribution < -0.4 is 0 Å². The molecule has 0 aliphatic heterocycles. The van der Waals surface area contributed by atoms with Gasteiger partial charge in [-0.05, 0) is 332 Å². The second-order valence-corrected chi connectivity index (χ2v) is 58.7. The summed E-state index contributed by atoms with van der Waals surface area (Å²) in [5, 5.41) is 4.37. The van der Waals surface area contributed by atoms with Gasteiger partial charge in [0.05, 0.1) is 0 Å². The minimum atomic E-state index is 1.32. The predicted molar refractivity (Wildman–Crippen MR) is 300 cm³/mol. The molecule has 0 amide bonds. The maximum Gasteiger partial charge on any atom is 0.0415 e. The monoisotopic (exact) mass is 1220 g/mol. The van der Waals surface area contributed by atoms with Crippen molar-refractivity contribution >= 4 is 355 Å². The van der Waals surface area contributed by atoms with Gasteiger partial charge in [0.1, 0.15) is 0 Å². The largest absolute Gasteiger partial charge is 0.143 e. The maximum atomic E-state index is 4.10. The molecular weight excluding hydrogens is 1210 g/mol. The number of hydrogen-bond acceptors (Lipinski definition) is 34. The van der Waals surface area contributed by atoms with E-state index in [0.717, 1.165) is 0 Å². The second-order valence-electron chi connectivity index (χ2n) is 4.72. The van der Waals surface area contributed by atoms with E-state index in [-0.39, 0.29) is 0 Å². The molecule has 0 bridgehead atoms. The average Bonchev–Trinajstić information content (AvgIpc) is 3.69. The average molecular weight is 1220 g/mol. The Balaban J connectivity index is 1.47. The van der Waals surface area contributed by atoms with Crippen LogP contribution in [0.5, 0.6) is 0 Å². The van der Waals surface area contributed by atoms with E-state index >= 15 is 0 Å². The summed E-state index contributed by atoms with van der Waals surface area (Å²) < 4.78 is 0. The summed E-state index contributed by atoms with van der Waals surface area (Å²) in [6.45, 7) is 0. The molecule has 2 aromatic rings. The topological polar surface area (TPSA) is 0 Å². The van der Waals surface area contributed by atoms with Crippen LogP contribution in [-0.2, 0) is 0 Å². The van der Waals surface area contributed by atoms with Crippen LogP contribution in [0.15, 0.2) is 32.7 Å². The molecular formula is C10H8S34. The van der Waals surface area contributed by atoms with Gasteiger partial charge in [0.25, 0.3) is 0 Å². The molecule has 44 heavy (non-hydrogen) atoms. The van der Waals surface area contributed by atoms with Gasteiger partial charge in [-0.3, -0.25) is 0 Å². The molecule has 0 aromatic carbocycles. The zero-order valence-electron chi connectivity index (χ0n) is 19.4. The molecule has 0 spiro atoms. The van der Waals surface area contributed by atoms with Gasteiger partial charge in [0.15, 0.2) is 0 Å². The van der Waals surface area contributed by atoms with Crippen LogP contribution in [0.4, 0.5) is 0 Å². The minimum Gasteiger partial charge on any atom is -0.143 e. The highest BCUT2D eigenvalue weighted by Gasteiger charge is 2.08. The SMILES string of the molecule is SSSSSSSSSSSSSSSSc1ccsc1/C=C/c1sccc1SSSSSSSSSSSSSSSS. The number of hydrogen-bond donors (Lipinski definition) is 2. The van der Waals surface area contributed by atoms with Crippen molar-refractivity contribution in [3.8, 4) is 0 Å². The lowest BCUT2D eigenvalue weighted by molar-refractivity contribution is 1.56. The van der Waals surface area contributed by atoms with Crippen molar-refractivity contribution < 1.29 is 0 Å². The third-order valence-corrected chi connectivity index (χ3v) is 66.8. The van der Waals surface area contributed by atoms with E-state index in [1.54, 1.807) is 121 Å². The first-order chi connectivity index (χ1) is 21.8. The molecule has 34 heteroatoms. The molecule has 0 nitrogen and oxygen atoms in total.